The highest BCUT2D eigenvalue weighted by atomic mass is 16.5. The van der Waals surface area contributed by atoms with Crippen molar-refractivity contribution >= 4 is 6.09 Å². The van der Waals surface area contributed by atoms with Crippen LogP contribution in [-0.4, -0.2) is 49.3 Å². The normalized spacial score (nSPS) is 17.4. The molecule has 68 valence electrons. The molecule has 1 amide bonds. The van der Waals surface area contributed by atoms with Gasteiger partial charge in [0, 0.05) is 13.1 Å². The maximum Gasteiger partial charge on any atom is 0.409 e. The van der Waals surface area contributed by atoms with Crippen LogP contribution in [0.3, 0.4) is 0 Å². The lowest BCUT2D eigenvalue weighted by Gasteiger charge is -2.29. The smallest absolute Gasteiger partial charge is 0.409 e. The number of rotatable bonds is 1. The molecule has 0 saturated carbocycles. The molecule has 0 bridgehead atoms. The Hall–Kier alpha value is -1.33. The van der Waals surface area contributed by atoms with Crippen LogP contribution in [-0.2, 0) is 4.74 Å². The molecule has 1 fully saturated rings. The van der Waals surface area contributed by atoms with E-state index in [9.17, 15) is 9.70 Å². The Labute approximate surface area is 70.0 Å². The van der Waals surface area contributed by atoms with E-state index in [2.05, 4.69) is 10.0 Å². The molecule has 12 heavy (non-hydrogen) atoms. The molecule has 0 aliphatic carbocycles. The van der Waals surface area contributed by atoms with E-state index in [1.807, 2.05) is 0 Å². The molecule has 0 N–H and O–H groups in total. The fourth-order valence-electron chi connectivity index (χ4n) is 1.09. The van der Waals surface area contributed by atoms with Gasteiger partial charge in [0.05, 0.1) is 25.5 Å². The lowest BCUT2D eigenvalue weighted by molar-refractivity contribution is 0.0916. The minimum Gasteiger partial charge on any atom is -0.453 e. The average molecular weight is 173 g/mol. The SMILES string of the molecule is COC(=O)N1CCN(N=O)CC1. The summed E-state index contributed by atoms with van der Waals surface area (Å²) in [5.74, 6) is 0. The molecular formula is C6H11N3O3. The molecule has 1 aliphatic heterocycles. The molecule has 1 heterocycles. The first-order chi connectivity index (χ1) is 5.77. The molecule has 6 heteroatoms. The maximum absolute atomic E-state index is 10.9. The highest BCUT2D eigenvalue weighted by Crippen LogP contribution is 2.02. The second kappa shape index (κ2) is 3.89. The fraction of sp³-hybridized carbons (Fsp3) is 0.833. The number of nitroso groups, excluding NO2 is 1. The Morgan fingerprint density at radius 3 is 2.33 bits per heavy atom. The van der Waals surface area contributed by atoms with Gasteiger partial charge >= 0.3 is 6.09 Å². The molecule has 0 atom stereocenters. The lowest BCUT2D eigenvalue weighted by Crippen LogP contribution is -2.46. The third-order valence-electron chi connectivity index (χ3n) is 1.80. The van der Waals surface area contributed by atoms with Gasteiger partial charge in [0.1, 0.15) is 0 Å². The van der Waals surface area contributed by atoms with Crippen molar-refractivity contribution in [2.24, 2.45) is 5.29 Å². The number of carbonyl (C=O) groups excluding carboxylic acids is 1. The number of amides is 1. The number of ether oxygens (including phenoxy) is 1. The molecule has 0 aromatic carbocycles. The zero-order valence-corrected chi connectivity index (χ0v) is 6.89. The Kier molecular flexibility index (Phi) is 2.84. The topological polar surface area (TPSA) is 62.2 Å². The van der Waals surface area contributed by atoms with Gasteiger partial charge in [-0.3, -0.25) is 5.01 Å². The zero-order chi connectivity index (χ0) is 8.97. The van der Waals surface area contributed by atoms with E-state index in [4.69, 9.17) is 0 Å². The van der Waals surface area contributed by atoms with Gasteiger partial charge in [0.15, 0.2) is 0 Å². The van der Waals surface area contributed by atoms with Crippen LogP contribution >= 0.6 is 0 Å². The summed E-state index contributed by atoms with van der Waals surface area (Å²) in [6.45, 7) is 1.97. The summed E-state index contributed by atoms with van der Waals surface area (Å²) < 4.78 is 4.52. The van der Waals surface area contributed by atoms with Crippen molar-refractivity contribution in [2.75, 3.05) is 33.3 Å². The summed E-state index contributed by atoms with van der Waals surface area (Å²) in [4.78, 5) is 22.5. The van der Waals surface area contributed by atoms with E-state index in [0.29, 0.717) is 26.2 Å². The van der Waals surface area contributed by atoms with Crippen molar-refractivity contribution in [3.63, 3.8) is 0 Å². The highest BCUT2D eigenvalue weighted by Gasteiger charge is 2.20. The molecule has 0 unspecified atom stereocenters. The van der Waals surface area contributed by atoms with Gasteiger partial charge < -0.3 is 9.64 Å². The van der Waals surface area contributed by atoms with Crippen molar-refractivity contribution in [1.29, 1.82) is 0 Å². The predicted octanol–water partition coefficient (Wildman–Crippen LogP) is 0.0518. The molecule has 0 spiro atoms. The number of nitrogens with zero attached hydrogens (tertiary/aromatic N) is 3. The molecular weight excluding hydrogens is 162 g/mol. The Balaban J connectivity index is 2.35. The first-order valence-electron chi connectivity index (χ1n) is 3.69. The van der Waals surface area contributed by atoms with Crippen molar-refractivity contribution in [3.8, 4) is 0 Å². The summed E-state index contributed by atoms with van der Waals surface area (Å²) in [5.41, 5.74) is 0. The standard InChI is InChI=1S/C6H11N3O3/c1-12-6(10)8-2-4-9(7-11)5-3-8/h2-5H2,1H3. The number of piperazine rings is 1. The van der Waals surface area contributed by atoms with Crippen LogP contribution in [0.5, 0.6) is 0 Å². The van der Waals surface area contributed by atoms with E-state index < -0.39 is 0 Å². The summed E-state index contributed by atoms with van der Waals surface area (Å²) >= 11 is 0. The van der Waals surface area contributed by atoms with Crippen LogP contribution in [0, 0.1) is 4.91 Å². The molecule has 0 aromatic rings. The summed E-state index contributed by atoms with van der Waals surface area (Å²) in [6.07, 6.45) is -0.347. The zero-order valence-electron chi connectivity index (χ0n) is 6.89. The third kappa shape index (κ3) is 1.84. The van der Waals surface area contributed by atoms with Crippen LogP contribution in [0.1, 0.15) is 0 Å². The number of hydrogen-bond donors (Lipinski definition) is 0. The van der Waals surface area contributed by atoms with E-state index >= 15 is 0 Å². The van der Waals surface area contributed by atoms with Crippen LogP contribution < -0.4 is 0 Å². The van der Waals surface area contributed by atoms with E-state index in [-0.39, 0.29) is 6.09 Å². The predicted molar refractivity (Wildman–Crippen MR) is 41.3 cm³/mol. The van der Waals surface area contributed by atoms with Crippen LogP contribution in [0.25, 0.3) is 0 Å². The summed E-state index contributed by atoms with van der Waals surface area (Å²) in [6, 6.07) is 0. The van der Waals surface area contributed by atoms with Crippen molar-refractivity contribution in [1.82, 2.24) is 9.91 Å². The molecule has 1 saturated heterocycles. The molecule has 1 aliphatic rings. The fourth-order valence-corrected chi connectivity index (χ4v) is 1.09. The van der Waals surface area contributed by atoms with E-state index in [0.717, 1.165) is 0 Å². The lowest BCUT2D eigenvalue weighted by atomic mass is 10.4. The van der Waals surface area contributed by atoms with Gasteiger partial charge in [-0.1, -0.05) is 0 Å². The van der Waals surface area contributed by atoms with Gasteiger partial charge in [0.25, 0.3) is 0 Å². The monoisotopic (exact) mass is 173 g/mol. The average Bonchev–Trinajstić information content (AvgIpc) is 2.17. The quantitative estimate of drug-likeness (QED) is 0.526. The van der Waals surface area contributed by atoms with Crippen LogP contribution in [0.15, 0.2) is 5.29 Å². The van der Waals surface area contributed by atoms with E-state index in [1.54, 1.807) is 4.90 Å². The first-order valence-corrected chi connectivity index (χ1v) is 3.69. The Morgan fingerprint density at radius 1 is 1.33 bits per heavy atom. The van der Waals surface area contributed by atoms with Gasteiger partial charge in [-0.05, 0) is 0 Å². The molecule has 1 rings (SSSR count). The van der Waals surface area contributed by atoms with Gasteiger partial charge in [0.2, 0.25) is 0 Å². The van der Waals surface area contributed by atoms with E-state index in [1.165, 1.54) is 12.1 Å². The third-order valence-corrected chi connectivity index (χ3v) is 1.80. The number of hydrogen-bond acceptors (Lipinski definition) is 4. The molecule has 6 nitrogen and oxygen atoms in total. The van der Waals surface area contributed by atoms with Gasteiger partial charge in [-0.2, -0.15) is 0 Å². The maximum atomic E-state index is 10.9. The van der Waals surface area contributed by atoms with Crippen LogP contribution in [0.4, 0.5) is 4.79 Å². The second-order valence-electron chi connectivity index (χ2n) is 2.49. The number of methoxy groups -OCH3 is 1. The van der Waals surface area contributed by atoms with Crippen molar-refractivity contribution in [3.05, 3.63) is 4.91 Å². The summed E-state index contributed by atoms with van der Waals surface area (Å²) in [5, 5.41) is 4.16. The first kappa shape index (κ1) is 8.76. The minimum atomic E-state index is -0.347. The second-order valence-corrected chi connectivity index (χ2v) is 2.49. The molecule has 0 radical (unpaired) electrons. The highest BCUT2D eigenvalue weighted by molar-refractivity contribution is 5.67. The largest absolute Gasteiger partial charge is 0.453 e. The van der Waals surface area contributed by atoms with Crippen LogP contribution in [0.2, 0.25) is 0 Å². The van der Waals surface area contributed by atoms with Gasteiger partial charge in [-0.25, -0.2) is 4.79 Å². The summed E-state index contributed by atoms with van der Waals surface area (Å²) in [7, 11) is 1.34. The van der Waals surface area contributed by atoms with Crippen molar-refractivity contribution < 1.29 is 9.53 Å². The van der Waals surface area contributed by atoms with Gasteiger partial charge in [-0.15, -0.1) is 4.91 Å². The Morgan fingerprint density at radius 2 is 1.92 bits per heavy atom. The molecule has 0 aromatic heterocycles. The van der Waals surface area contributed by atoms with Crippen molar-refractivity contribution in [2.45, 2.75) is 0 Å². The Bertz CT molecular complexity index is 177. The number of carbonyl (C=O) groups is 1. The minimum absolute atomic E-state index is 0.347.